The highest BCUT2D eigenvalue weighted by molar-refractivity contribution is 7.89. The van der Waals surface area contributed by atoms with Gasteiger partial charge in [-0.15, -0.1) is 0 Å². The van der Waals surface area contributed by atoms with Crippen LogP contribution in [-0.4, -0.2) is 24.7 Å². The van der Waals surface area contributed by atoms with Crippen LogP contribution in [0.3, 0.4) is 0 Å². The molecule has 0 unspecified atom stereocenters. The van der Waals surface area contributed by atoms with Gasteiger partial charge in [-0.1, -0.05) is 26.2 Å². The first-order valence-electron chi connectivity index (χ1n) is 6.55. The van der Waals surface area contributed by atoms with Gasteiger partial charge in [0.2, 0.25) is 10.0 Å². The predicted molar refractivity (Wildman–Crippen MR) is 72.0 cm³/mol. The first-order chi connectivity index (χ1) is 8.53. The maximum absolute atomic E-state index is 12.1. The Morgan fingerprint density at radius 1 is 1.28 bits per heavy atom. The van der Waals surface area contributed by atoms with Crippen molar-refractivity contribution in [2.24, 2.45) is 0 Å². The van der Waals surface area contributed by atoms with Crippen molar-refractivity contribution < 1.29 is 8.42 Å². The second-order valence-corrected chi connectivity index (χ2v) is 6.10. The third-order valence-corrected chi connectivity index (χ3v) is 4.53. The zero-order chi connectivity index (χ0) is 13.6. The van der Waals surface area contributed by atoms with Crippen LogP contribution in [0, 0.1) is 6.92 Å². The molecule has 1 N–H and O–H groups in total. The van der Waals surface area contributed by atoms with Crippen molar-refractivity contribution in [2.75, 3.05) is 6.54 Å². The van der Waals surface area contributed by atoms with E-state index in [0.29, 0.717) is 23.7 Å². The van der Waals surface area contributed by atoms with Gasteiger partial charge in [-0.05, 0) is 20.3 Å². The Labute approximate surface area is 110 Å². The number of nitrogens with one attached hydrogen (secondary N) is 1. The van der Waals surface area contributed by atoms with Crippen LogP contribution in [0.2, 0.25) is 0 Å². The summed E-state index contributed by atoms with van der Waals surface area (Å²) in [6, 6.07) is 0. The van der Waals surface area contributed by atoms with Crippen LogP contribution < -0.4 is 4.72 Å². The first-order valence-corrected chi connectivity index (χ1v) is 8.03. The number of aryl methyl sites for hydroxylation is 1. The van der Waals surface area contributed by atoms with E-state index in [9.17, 15) is 8.42 Å². The summed E-state index contributed by atoms with van der Waals surface area (Å²) in [5.41, 5.74) is 0.693. The average molecular weight is 273 g/mol. The maximum Gasteiger partial charge on any atom is 0.243 e. The zero-order valence-corrected chi connectivity index (χ0v) is 12.3. The summed E-state index contributed by atoms with van der Waals surface area (Å²) in [5, 5.41) is 4.06. The molecule has 0 saturated heterocycles. The Morgan fingerprint density at radius 3 is 2.56 bits per heavy atom. The molecule has 1 rings (SSSR count). The highest BCUT2D eigenvalue weighted by Gasteiger charge is 2.19. The second kappa shape index (κ2) is 6.89. The number of rotatable bonds is 8. The number of hydrogen-bond acceptors (Lipinski definition) is 3. The minimum atomic E-state index is -3.40. The molecule has 1 heterocycles. The second-order valence-electron chi connectivity index (χ2n) is 4.37. The molecular formula is C12H23N3O2S. The lowest BCUT2D eigenvalue weighted by Crippen LogP contribution is -2.25. The quantitative estimate of drug-likeness (QED) is 0.737. The summed E-state index contributed by atoms with van der Waals surface area (Å²) < 4.78 is 28.4. The average Bonchev–Trinajstić information content (AvgIpc) is 2.70. The van der Waals surface area contributed by atoms with Gasteiger partial charge in [0.05, 0.1) is 11.9 Å². The molecule has 0 aliphatic carbocycles. The zero-order valence-electron chi connectivity index (χ0n) is 11.4. The number of unbranched alkanes of at least 4 members (excludes halogenated alkanes) is 3. The van der Waals surface area contributed by atoms with E-state index in [-0.39, 0.29) is 0 Å². The molecule has 6 heteroatoms. The summed E-state index contributed by atoms with van der Waals surface area (Å²) >= 11 is 0. The van der Waals surface area contributed by atoms with Crippen molar-refractivity contribution >= 4 is 10.0 Å². The molecule has 1 aromatic rings. The normalized spacial score (nSPS) is 11.9. The fraction of sp³-hybridized carbons (Fsp3) is 0.750. The summed E-state index contributed by atoms with van der Waals surface area (Å²) in [6.07, 6.45) is 5.66. The van der Waals surface area contributed by atoms with Gasteiger partial charge >= 0.3 is 0 Å². The van der Waals surface area contributed by atoms with Crippen LogP contribution in [-0.2, 0) is 16.6 Å². The van der Waals surface area contributed by atoms with Crippen molar-refractivity contribution in [3.63, 3.8) is 0 Å². The monoisotopic (exact) mass is 273 g/mol. The Hall–Kier alpha value is -0.880. The molecule has 0 aliphatic heterocycles. The summed E-state index contributed by atoms with van der Waals surface area (Å²) in [7, 11) is -3.40. The summed E-state index contributed by atoms with van der Waals surface area (Å²) in [5.74, 6) is 0. The summed E-state index contributed by atoms with van der Waals surface area (Å²) in [4.78, 5) is 0.292. The van der Waals surface area contributed by atoms with Crippen LogP contribution in [0.15, 0.2) is 11.1 Å². The Morgan fingerprint density at radius 2 is 2.00 bits per heavy atom. The third kappa shape index (κ3) is 3.81. The molecule has 0 fully saturated rings. The third-order valence-electron chi connectivity index (χ3n) is 2.97. The fourth-order valence-corrected chi connectivity index (χ4v) is 3.10. The van der Waals surface area contributed by atoms with Crippen LogP contribution in [0.25, 0.3) is 0 Å². The van der Waals surface area contributed by atoms with Gasteiger partial charge in [0.25, 0.3) is 0 Å². The Balaban J connectivity index is 2.60. The molecule has 0 radical (unpaired) electrons. The molecule has 0 aliphatic rings. The number of hydrogen-bond donors (Lipinski definition) is 1. The van der Waals surface area contributed by atoms with E-state index in [1.165, 1.54) is 6.20 Å². The van der Waals surface area contributed by atoms with E-state index >= 15 is 0 Å². The minimum absolute atomic E-state index is 0.292. The molecule has 0 aromatic carbocycles. The molecule has 5 nitrogen and oxygen atoms in total. The molecule has 0 bridgehead atoms. The van der Waals surface area contributed by atoms with Crippen molar-refractivity contribution in [1.29, 1.82) is 0 Å². The van der Waals surface area contributed by atoms with Gasteiger partial charge in [0.1, 0.15) is 4.90 Å². The molecular weight excluding hydrogens is 250 g/mol. The van der Waals surface area contributed by atoms with E-state index in [1.807, 2.05) is 6.92 Å². The van der Waals surface area contributed by atoms with E-state index in [0.717, 1.165) is 25.7 Å². The van der Waals surface area contributed by atoms with Gasteiger partial charge in [-0.2, -0.15) is 5.10 Å². The molecule has 1 aromatic heterocycles. The van der Waals surface area contributed by atoms with Gasteiger partial charge < -0.3 is 0 Å². The molecule has 0 atom stereocenters. The standard InChI is InChI=1S/C12H23N3O2S/c1-4-6-7-8-9-14-18(16,17)12-10-13-15(5-2)11(12)3/h10,14H,4-9H2,1-3H3. The highest BCUT2D eigenvalue weighted by Crippen LogP contribution is 2.13. The lowest BCUT2D eigenvalue weighted by atomic mass is 10.2. The lowest BCUT2D eigenvalue weighted by molar-refractivity contribution is 0.572. The van der Waals surface area contributed by atoms with Crippen LogP contribution in [0.4, 0.5) is 0 Å². The molecule has 0 amide bonds. The van der Waals surface area contributed by atoms with Crippen molar-refractivity contribution in [3.05, 3.63) is 11.9 Å². The Kier molecular flexibility index (Phi) is 5.81. The smallest absolute Gasteiger partial charge is 0.243 e. The molecule has 104 valence electrons. The van der Waals surface area contributed by atoms with E-state index < -0.39 is 10.0 Å². The highest BCUT2D eigenvalue weighted by atomic mass is 32.2. The number of sulfonamides is 1. The van der Waals surface area contributed by atoms with Crippen LogP contribution in [0.5, 0.6) is 0 Å². The van der Waals surface area contributed by atoms with Gasteiger partial charge in [-0.3, -0.25) is 4.68 Å². The van der Waals surface area contributed by atoms with Crippen molar-refractivity contribution in [1.82, 2.24) is 14.5 Å². The van der Waals surface area contributed by atoms with E-state index in [1.54, 1.807) is 11.6 Å². The molecule has 0 saturated carbocycles. The van der Waals surface area contributed by atoms with E-state index in [2.05, 4.69) is 16.7 Å². The van der Waals surface area contributed by atoms with Crippen LogP contribution >= 0.6 is 0 Å². The first kappa shape index (κ1) is 15.2. The fourth-order valence-electron chi connectivity index (χ4n) is 1.85. The van der Waals surface area contributed by atoms with Crippen molar-refractivity contribution in [3.8, 4) is 0 Å². The van der Waals surface area contributed by atoms with E-state index in [4.69, 9.17) is 0 Å². The minimum Gasteiger partial charge on any atom is -0.269 e. The Bertz CT molecular complexity index is 466. The lowest BCUT2D eigenvalue weighted by Gasteiger charge is -2.06. The number of nitrogens with zero attached hydrogens (tertiary/aromatic N) is 2. The topological polar surface area (TPSA) is 64.0 Å². The summed E-state index contributed by atoms with van der Waals surface area (Å²) in [6.45, 7) is 7.03. The number of aromatic nitrogens is 2. The molecule has 0 spiro atoms. The SMILES string of the molecule is CCCCCCNS(=O)(=O)c1cnn(CC)c1C. The van der Waals surface area contributed by atoms with Gasteiger partial charge in [0.15, 0.2) is 0 Å². The van der Waals surface area contributed by atoms with Gasteiger partial charge in [-0.25, -0.2) is 13.1 Å². The van der Waals surface area contributed by atoms with Gasteiger partial charge in [0, 0.05) is 13.1 Å². The maximum atomic E-state index is 12.1. The largest absolute Gasteiger partial charge is 0.269 e. The molecule has 18 heavy (non-hydrogen) atoms. The van der Waals surface area contributed by atoms with Crippen molar-refractivity contribution in [2.45, 2.75) is 57.9 Å². The predicted octanol–water partition coefficient (Wildman–Crippen LogP) is 2.07. The van der Waals surface area contributed by atoms with Crippen LogP contribution in [0.1, 0.15) is 45.2 Å².